The first kappa shape index (κ1) is 17.1. The first-order chi connectivity index (χ1) is 12.6. The highest BCUT2D eigenvalue weighted by atomic mass is 32.2. The van der Waals surface area contributed by atoms with Crippen molar-refractivity contribution in [1.82, 2.24) is 4.98 Å². The van der Waals surface area contributed by atoms with Crippen LogP contribution in [0.25, 0.3) is 10.2 Å². The highest BCUT2D eigenvalue weighted by Crippen LogP contribution is 2.37. The number of rotatable bonds is 4. The predicted octanol–water partition coefficient (Wildman–Crippen LogP) is 1.81. The van der Waals surface area contributed by atoms with Crippen molar-refractivity contribution in [3.05, 3.63) is 42.5 Å². The molecule has 3 aromatic rings. The molecule has 1 aliphatic heterocycles. The van der Waals surface area contributed by atoms with Gasteiger partial charge in [0.1, 0.15) is 10.6 Å². The Morgan fingerprint density at radius 1 is 1.15 bits per heavy atom. The van der Waals surface area contributed by atoms with E-state index in [0.29, 0.717) is 18.7 Å². The molecule has 0 aliphatic carbocycles. The van der Waals surface area contributed by atoms with Crippen molar-refractivity contribution in [1.29, 1.82) is 0 Å². The molecule has 0 amide bonds. The van der Waals surface area contributed by atoms with Gasteiger partial charge in [0.15, 0.2) is 5.13 Å². The third-order valence-corrected chi connectivity index (χ3v) is 7.10. The number of nitrogens with two attached hydrogens (primary N) is 1. The highest BCUT2D eigenvalue weighted by molar-refractivity contribution is 7.91. The Bertz CT molecular complexity index is 1060. The third kappa shape index (κ3) is 2.98. The Labute approximate surface area is 154 Å². The molecule has 9 heteroatoms. The van der Waals surface area contributed by atoms with Gasteiger partial charge >= 0.3 is 0 Å². The van der Waals surface area contributed by atoms with Crippen LogP contribution < -0.4 is 10.4 Å². The molecule has 0 bridgehead atoms. The second-order valence-corrected chi connectivity index (χ2v) is 8.76. The van der Waals surface area contributed by atoms with Gasteiger partial charge in [-0.25, -0.2) is 13.4 Å². The van der Waals surface area contributed by atoms with Gasteiger partial charge in [0, 0.05) is 13.1 Å². The number of thiazole rings is 1. The number of hydrogen-bond donors (Lipinski definition) is 1. The summed E-state index contributed by atoms with van der Waals surface area (Å²) in [5.41, 5.74) is 6.34. The molecule has 0 unspecified atom stereocenters. The lowest BCUT2D eigenvalue weighted by Gasteiger charge is -2.25. The van der Waals surface area contributed by atoms with Crippen LogP contribution in [-0.2, 0) is 14.6 Å². The number of hydrogen-bond acceptors (Lipinski definition) is 7. The molecular weight excluding hydrogens is 372 g/mol. The first-order valence-electron chi connectivity index (χ1n) is 8.08. The standard InChI is InChI=1S/C17H16N4O3S2/c18-20-14-10-15-13(19-17(25-15)21-6-8-24-9-7-21)11-16(14)26(22,23)12-4-2-1-3-5-12/h1-5,10-11,18H,6-9H2/p+1. The lowest BCUT2D eigenvalue weighted by molar-refractivity contribution is -0.210. The summed E-state index contributed by atoms with van der Waals surface area (Å²) in [6.07, 6.45) is 0. The molecule has 2 N–H and O–H groups in total. The molecular formula is C17H17N4O3S2+. The fraction of sp³-hybridized carbons (Fsp3) is 0.235. The summed E-state index contributed by atoms with van der Waals surface area (Å²) in [6, 6.07) is 11.5. The molecule has 0 radical (unpaired) electrons. The van der Waals surface area contributed by atoms with Crippen molar-refractivity contribution in [2.45, 2.75) is 9.79 Å². The van der Waals surface area contributed by atoms with Crippen LogP contribution in [0, 0.1) is 0 Å². The SMILES string of the molecule is [NH2+]=Nc1cc2sc(N3CCOCC3)nc2cc1S(=O)(=O)c1ccccc1. The van der Waals surface area contributed by atoms with Gasteiger partial charge in [-0.2, -0.15) is 5.53 Å². The zero-order valence-electron chi connectivity index (χ0n) is 13.8. The smallest absolute Gasteiger partial charge is 0.209 e. The lowest BCUT2D eigenvalue weighted by Crippen LogP contribution is -2.36. The van der Waals surface area contributed by atoms with Gasteiger partial charge in [0.05, 0.1) is 28.3 Å². The van der Waals surface area contributed by atoms with Gasteiger partial charge in [0.2, 0.25) is 9.84 Å². The molecule has 1 aliphatic rings. The first-order valence-corrected chi connectivity index (χ1v) is 10.4. The molecule has 2 aromatic carbocycles. The second kappa shape index (κ2) is 6.75. The summed E-state index contributed by atoms with van der Waals surface area (Å²) in [5, 5.41) is 4.55. The van der Waals surface area contributed by atoms with Crippen molar-refractivity contribution in [3.63, 3.8) is 0 Å². The van der Waals surface area contributed by atoms with Gasteiger partial charge in [-0.3, -0.25) is 0 Å². The summed E-state index contributed by atoms with van der Waals surface area (Å²) in [4.78, 5) is 7.03. The zero-order chi connectivity index (χ0) is 18.1. The van der Waals surface area contributed by atoms with E-state index >= 15 is 0 Å². The van der Waals surface area contributed by atoms with Crippen LogP contribution in [0.2, 0.25) is 0 Å². The Balaban J connectivity index is 1.83. The van der Waals surface area contributed by atoms with E-state index in [9.17, 15) is 8.42 Å². The minimum absolute atomic E-state index is 0.0672. The number of morpholine rings is 1. The second-order valence-electron chi connectivity index (χ2n) is 5.83. The maximum atomic E-state index is 13.0. The summed E-state index contributed by atoms with van der Waals surface area (Å²) in [6.45, 7) is 2.85. The van der Waals surface area contributed by atoms with Crippen LogP contribution in [0.4, 0.5) is 10.8 Å². The van der Waals surface area contributed by atoms with Gasteiger partial charge < -0.3 is 9.64 Å². The highest BCUT2D eigenvalue weighted by Gasteiger charge is 2.25. The molecule has 134 valence electrons. The maximum Gasteiger partial charge on any atom is 0.209 e. The van der Waals surface area contributed by atoms with Crippen LogP contribution >= 0.6 is 11.3 Å². The van der Waals surface area contributed by atoms with E-state index in [2.05, 4.69) is 15.0 Å². The minimum atomic E-state index is -3.73. The van der Waals surface area contributed by atoms with Gasteiger partial charge in [0.25, 0.3) is 0 Å². The van der Waals surface area contributed by atoms with Crippen molar-refractivity contribution in [3.8, 4) is 0 Å². The number of nitrogens with zero attached hydrogens (tertiary/aromatic N) is 3. The van der Waals surface area contributed by atoms with E-state index in [-0.39, 0.29) is 15.5 Å². The maximum absolute atomic E-state index is 13.0. The van der Waals surface area contributed by atoms with E-state index < -0.39 is 9.84 Å². The molecule has 1 fully saturated rings. The van der Waals surface area contributed by atoms with Crippen LogP contribution in [-0.4, -0.2) is 39.7 Å². The van der Waals surface area contributed by atoms with Crippen LogP contribution in [0.1, 0.15) is 0 Å². The molecule has 0 spiro atoms. The van der Waals surface area contributed by atoms with Crippen LogP contribution in [0.3, 0.4) is 0 Å². The topological polar surface area (TPSA) is 97.4 Å². The van der Waals surface area contributed by atoms with Gasteiger partial charge in [-0.15, -0.1) is 0 Å². The molecule has 2 heterocycles. The van der Waals surface area contributed by atoms with Crippen molar-refractivity contribution >= 4 is 42.2 Å². The number of benzene rings is 2. The summed E-state index contributed by atoms with van der Waals surface area (Å²) >= 11 is 1.50. The number of ether oxygens (including phenoxy) is 1. The average molecular weight is 389 g/mol. The number of fused-ring (bicyclic) bond motifs is 1. The van der Waals surface area contributed by atoms with Gasteiger partial charge in [-0.1, -0.05) is 29.5 Å². The number of anilines is 1. The van der Waals surface area contributed by atoms with Crippen molar-refractivity contribution < 1.29 is 18.7 Å². The van der Waals surface area contributed by atoms with Crippen LogP contribution in [0.15, 0.2) is 57.4 Å². The van der Waals surface area contributed by atoms with Gasteiger partial charge in [-0.05, 0) is 29.4 Å². The molecule has 0 atom stereocenters. The lowest BCUT2D eigenvalue weighted by atomic mass is 10.3. The quantitative estimate of drug-likeness (QED) is 0.687. The van der Waals surface area contributed by atoms with E-state index in [1.54, 1.807) is 42.5 Å². The normalized spacial score (nSPS) is 15.3. The molecule has 4 rings (SSSR count). The summed E-state index contributed by atoms with van der Waals surface area (Å²) in [7, 11) is -3.73. The fourth-order valence-electron chi connectivity index (χ4n) is 2.86. The van der Waals surface area contributed by atoms with Crippen molar-refractivity contribution in [2.75, 3.05) is 31.2 Å². The molecule has 1 saturated heterocycles. The van der Waals surface area contributed by atoms with E-state index in [0.717, 1.165) is 22.9 Å². The monoisotopic (exact) mass is 389 g/mol. The fourth-order valence-corrected chi connectivity index (χ4v) is 5.32. The molecule has 1 aromatic heterocycles. The molecule has 26 heavy (non-hydrogen) atoms. The molecule has 7 nitrogen and oxygen atoms in total. The number of sulfone groups is 1. The number of aromatic nitrogens is 1. The van der Waals surface area contributed by atoms with E-state index in [1.807, 2.05) is 0 Å². The Morgan fingerprint density at radius 2 is 1.88 bits per heavy atom. The zero-order valence-corrected chi connectivity index (χ0v) is 15.5. The molecule has 0 saturated carbocycles. The summed E-state index contributed by atoms with van der Waals surface area (Å²) in [5.74, 6) is 0. The largest absolute Gasteiger partial charge is 0.378 e. The van der Waals surface area contributed by atoms with Crippen LogP contribution in [0.5, 0.6) is 0 Å². The van der Waals surface area contributed by atoms with E-state index in [1.165, 1.54) is 11.3 Å². The average Bonchev–Trinajstić information content (AvgIpc) is 3.11. The van der Waals surface area contributed by atoms with Crippen molar-refractivity contribution in [2.24, 2.45) is 5.11 Å². The Hall–Kier alpha value is -2.36. The Kier molecular flexibility index (Phi) is 4.43. The third-order valence-electron chi connectivity index (χ3n) is 4.22. The predicted molar refractivity (Wildman–Crippen MR) is 98.6 cm³/mol. The van der Waals surface area contributed by atoms with E-state index in [4.69, 9.17) is 10.3 Å². The Morgan fingerprint density at radius 3 is 2.58 bits per heavy atom. The summed E-state index contributed by atoms with van der Waals surface area (Å²) < 4.78 is 32.2. The minimum Gasteiger partial charge on any atom is -0.378 e.